The van der Waals surface area contributed by atoms with Crippen LogP contribution in [-0.2, 0) is 4.74 Å². The van der Waals surface area contributed by atoms with Gasteiger partial charge < -0.3 is 9.64 Å². The Morgan fingerprint density at radius 2 is 2.28 bits per heavy atom. The number of anilines is 1. The molecule has 1 aliphatic rings. The average molecular weight is 249 g/mol. The van der Waals surface area contributed by atoms with Crippen molar-refractivity contribution in [3.05, 3.63) is 24.0 Å². The zero-order valence-electron chi connectivity index (χ0n) is 11.6. The molecule has 1 aromatic heterocycles. The van der Waals surface area contributed by atoms with Crippen molar-refractivity contribution in [3.63, 3.8) is 0 Å². The van der Waals surface area contributed by atoms with Gasteiger partial charge in [0.25, 0.3) is 0 Å². The van der Waals surface area contributed by atoms with E-state index in [1.165, 1.54) is 5.69 Å². The van der Waals surface area contributed by atoms with E-state index in [1.54, 1.807) is 7.11 Å². The Labute approximate surface area is 110 Å². The third-order valence-electron chi connectivity index (χ3n) is 3.59. The molecule has 2 heterocycles. The first-order valence-corrected chi connectivity index (χ1v) is 6.61. The predicted octanol–water partition coefficient (Wildman–Crippen LogP) is 1.55. The molecule has 0 radical (unpaired) electrons. The van der Waals surface area contributed by atoms with Crippen molar-refractivity contribution >= 4 is 5.69 Å². The molecule has 4 heteroatoms. The molecule has 1 aromatic rings. The third kappa shape index (κ3) is 3.21. The van der Waals surface area contributed by atoms with E-state index in [2.05, 4.69) is 33.8 Å². The maximum atomic E-state index is 5.16. The maximum absolute atomic E-state index is 5.16. The van der Waals surface area contributed by atoms with E-state index in [9.17, 15) is 0 Å². The Balaban J connectivity index is 1.95. The molecule has 18 heavy (non-hydrogen) atoms. The van der Waals surface area contributed by atoms with Crippen LogP contribution in [0.1, 0.15) is 12.6 Å². The summed E-state index contributed by atoms with van der Waals surface area (Å²) in [6, 6.07) is 4.84. The first-order valence-electron chi connectivity index (χ1n) is 6.61. The summed E-state index contributed by atoms with van der Waals surface area (Å²) in [5, 5.41) is 0. The normalized spacial score (nSPS) is 21.3. The summed E-state index contributed by atoms with van der Waals surface area (Å²) in [7, 11) is 1.76. The maximum Gasteiger partial charge on any atom is 0.0589 e. The van der Waals surface area contributed by atoms with Crippen molar-refractivity contribution < 1.29 is 4.74 Å². The van der Waals surface area contributed by atoms with Crippen LogP contribution in [0.15, 0.2) is 18.3 Å². The fourth-order valence-electron chi connectivity index (χ4n) is 2.50. The fourth-order valence-corrected chi connectivity index (χ4v) is 2.50. The lowest BCUT2D eigenvalue weighted by Crippen LogP contribution is -2.52. The van der Waals surface area contributed by atoms with Crippen LogP contribution in [0.3, 0.4) is 0 Å². The number of pyridine rings is 1. The molecule has 0 amide bonds. The minimum absolute atomic E-state index is 0.572. The van der Waals surface area contributed by atoms with Gasteiger partial charge in [0.2, 0.25) is 0 Å². The number of aryl methyl sites for hydroxylation is 1. The van der Waals surface area contributed by atoms with Crippen molar-refractivity contribution in [3.8, 4) is 0 Å². The molecule has 4 nitrogen and oxygen atoms in total. The summed E-state index contributed by atoms with van der Waals surface area (Å²) in [6.45, 7) is 9.44. The molecule has 0 bridgehead atoms. The van der Waals surface area contributed by atoms with Crippen molar-refractivity contribution in [2.24, 2.45) is 0 Å². The Kier molecular flexibility index (Phi) is 4.55. The Hall–Kier alpha value is -1.13. The van der Waals surface area contributed by atoms with E-state index in [-0.39, 0.29) is 0 Å². The highest BCUT2D eigenvalue weighted by molar-refractivity contribution is 5.47. The highest BCUT2D eigenvalue weighted by Gasteiger charge is 2.23. The molecular weight excluding hydrogens is 226 g/mol. The molecule has 2 rings (SSSR count). The summed E-state index contributed by atoms with van der Waals surface area (Å²) < 4.78 is 5.16. The SMILES string of the molecule is COCCN1CCN(c2ccnc(C)c2)CC1C. The quantitative estimate of drug-likeness (QED) is 0.809. The van der Waals surface area contributed by atoms with Crippen LogP contribution in [0.25, 0.3) is 0 Å². The summed E-state index contributed by atoms with van der Waals surface area (Å²) in [4.78, 5) is 9.20. The number of hydrogen-bond donors (Lipinski definition) is 0. The zero-order valence-corrected chi connectivity index (χ0v) is 11.6. The van der Waals surface area contributed by atoms with Gasteiger partial charge in [0.05, 0.1) is 6.61 Å². The van der Waals surface area contributed by atoms with Gasteiger partial charge in [-0.15, -0.1) is 0 Å². The van der Waals surface area contributed by atoms with Crippen LogP contribution < -0.4 is 4.90 Å². The van der Waals surface area contributed by atoms with Crippen LogP contribution in [-0.4, -0.2) is 55.8 Å². The Morgan fingerprint density at radius 1 is 1.44 bits per heavy atom. The van der Waals surface area contributed by atoms with E-state index in [0.717, 1.165) is 38.5 Å². The topological polar surface area (TPSA) is 28.6 Å². The Morgan fingerprint density at radius 3 is 2.94 bits per heavy atom. The first-order chi connectivity index (χ1) is 8.70. The van der Waals surface area contributed by atoms with E-state index >= 15 is 0 Å². The van der Waals surface area contributed by atoms with Gasteiger partial charge in [-0.05, 0) is 26.0 Å². The van der Waals surface area contributed by atoms with E-state index < -0.39 is 0 Å². The van der Waals surface area contributed by atoms with Gasteiger partial charge in [-0.3, -0.25) is 9.88 Å². The highest BCUT2D eigenvalue weighted by atomic mass is 16.5. The second-order valence-corrected chi connectivity index (χ2v) is 4.98. The summed E-state index contributed by atoms with van der Waals surface area (Å²) >= 11 is 0. The highest BCUT2D eigenvalue weighted by Crippen LogP contribution is 2.19. The standard InChI is InChI=1S/C14H23N3O/c1-12-10-14(4-5-15-12)17-7-6-16(8-9-18-3)13(2)11-17/h4-5,10,13H,6-9,11H2,1-3H3. The number of hydrogen-bond acceptors (Lipinski definition) is 4. The van der Waals surface area contributed by atoms with E-state index in [0.29, 0.717) is 6.04 Å². The lowest BCUT2D eigenvalue weighted by atomic mass is 10.1. The van der Waals surface area contributed by atoms with Crippen LogP contribution in [0, 0.1) is 6.92 Å². The third-order valence-corrected chi connectivity index (χ3v) is 3.59. The lowest BCUT2D eigenvalue weighted by molar-refractivity contribution is 0.117. The van der Waals surface area contributed by atoms with Crippen molar-refractivity contribution in [1.29, 1.82) is 0 Å². The minimum Gasteiger partial charge on any atom is -0.383 e. The molecule has 1 aliphatic heterocycles. The number of nitrogens with zero attached hydrogens (tertiary/aromatic N) is 3. The van der Waals surface area contributed by atoms with Gasteiger partial charge >= 0.3 is 0 Å². The van der Waals surface area contributed by atoms with Gasteiger partial charge in [0.15, 0.2) is 0 Å². The molecule has 0 aromatic carbocycles. The van der Waals surface area contributed by atoms with Crippen LogP contribution in [0.4, 0.5) is 5.69 Å². The zero-order chi connectivity index (χ0) is 13.0. The lowest BCUT2D eigenvalue weighted by Gasteiger charge is -2.40. The smallest absolute Gasteiger partial charge is 0.0589 e. The average Bonchev–Trinajstić information content (AvgIpc) is 2.37. The number of piperazine rings is 1. The predicted molar refractivity (Wildman–Crippen MR) is 74.1 cm³/mol. The van der Waals surface area contributed by atoms with Gasteiger partial charge in [0.1, 0.15) is 0 Å². The number of ether oxygens (including phenoxy) is 1. The molecule has 1 unspecified atom stereocenters. The fraction of sp³-hybridized carbons (Fsp3) is 0.643. The molecule has 0 aliphatic carbocycles. The number of aromatic nitrogens is 1. The molecule has 0 saturated carbocycles. The molecule has 100 valence electrons. The van der Waals surface area contributed by atoms with Gasteiger partial charge in [-0.25, -0.2) is 0 Å². The molecule has 1 fully saturated rings. The molecule has 1 atom stereocenters. The van der Waals surface area contributed by atoms with E-state index in [1.807, 2.05) is 13.1 Å². The van der Waals surface area contributed by atoms with E-state index in [4.69, 9.17) is 4.74 Å². The van der Waals surface area contributed by atoms with Crippen LogP contribution in [0.2, 0.25) is 0 Å². The molecule has 1 saturated heterocycles. The second-order valence-electron chi connectivity index (χ2n) is 4.98. The van der Waals surface area contributed by atoms with Gasteiger partial charge in [0, 0.05) is 56.9 Å². The molecule has 0 N–H and O–H groups in total. The Bertz CT molecular complexity index is 383. The van der Waals surface area contributed by atoms with Crippen molar-refractivity contribution in [1.82, 2.24) is 9.88 Å². The second kappa shape index (κ2) is 6.16. The van der Waals surface area contributed by atoms with Gasteiger partial charge in [-0.1, -0.05) is 0 Å². The monoisotopic (exact) mass is 249 g/mol. The number of methoxy groups -OCH3 is 1. The summed E-state index contributed by atoms with van der Waals surface area (Å²) in [5.41, 5.74) is 2.38. The summed E-state index contributed by atoms with van der Waals surface area (Å²) in [5.74, 6) is 0. The largest absolute Gasteiger partial charge is 0.383 e. The first kappa shape index (κ1) is 13.3. The van der Waals surface area contributed by atoms with Crippen molar-refractivity contribution in [2.45, 2.75) is 19.9 Å². The minimum atomic E-state index is 0.572. The number of rotatable bonds is 4. The van der Waals surface area contributed by atoms with Crippen molar-refractivity contribution in [2.75, 3.05) is 44.8 Å². The van der Waals surface area contributed by atoms with Crippen LogP contribution in [0.5, 0.6) is 0 Å². The molecular formula is C14H23N3O. The van der Waals surface area contributed by atoms with Gasteiger partial charge in [-0.2, -0.15) is 0 Å². The summed E-state index contributed by atoms with van der Waals surface area (Å²) in [6.07, 6.45) is 1.90. The molecule has 0 spiro atoms. The van der Waals surface area contributed by atoms with Crippen LogP contribution >= 0.6 is 0 Å².